The molecule has 3 aromatic rings. The fourth-order valence-electron chi connectivity index (χ4n) is 3.25. The molecule has 0 saturated carbocycles. The molecule has 2 N–H and O–H groups in total. The maximum atomic E-state index is 12.4. The van der Waals surface area contributed by atoms with Crippen LogP contribution in [0, 0.1) is 0 Å². The van der Waals surface area contributed by atoms with Crippen LogP contribution in [0.5, 0.6) is 0 Å². The second-order valence-corrected chi connectivity index (χ2v) is 9.05. The Bertz CT molecular complexity index is 1020. The van der Waals surface area contributed by atoms with E-state index in [1.807, 2.05) is 30.3 Å². The third-order valence-electron chi connectivity index (χ3n) is 4.66. The van der Waals surface area contributed by atoms with Crippen molar-refractivity contribution < 1.29 is 9.59 Å². The fraction of sp³-hybridized carbons (Fsp3) is 0.300. The van der Waals surface area contributed by atoms with Gasteiger partial charge in [-0.3, -0.25) is 10.1 Å². The van der Waals surface area contributed by atoms with Gasteiger partial charge in [0.25, 0.3) is 0 Å². The lowest BCUT2D eigenvalue weighted by Gasteiger charge is -2.12. The summed E-state index contributed by atoms with van der Waals surface area (Å²) in [7, 11) is 0. The molecule has 0 spiro atoms. The third-order valence-corrected chi connectivity index (χ3v) is 6.96. The van der Waals surface area contributed by atoms with E-state index in [1.54, 1.807) is 24.6 Å². The Balaban J connectivity index is 1.38. The highest BCUT2D eigenvalue weighted by atomic mass is 32.2. The first-order chi connectivity index (χ1) is 13.6. The molecule has 3 amide bonds. The number of thioether (sulfide) groups is 1. The zero-order chi connectivity index (χ0) is 19.5. The first-order valence-electron chi connectivity index (χ1n) is 9.16. The summed E-state index contributed by atoms with van der Waals surface area (Å²) in [4.78, 5) is 35.6. The predicted molar refractivity (Wildman–Crippen MR) is 112 cm³/mol. The molecule has 2 heterocycles. The molecule has 0 saturated heterocycles. The van der Waals surface area contributed by atoms with Crippen LogP contribution in [0.4, 0.5) is 4.79 Å². The normalized spacial score (nSPS) is 13.9. The van der Waals surface area contributed by atoms with Gasteiger partial charge in [-0.2, -0.15) is 0 Å². The standard InChI is InChI=1S/C20H20N4O2S2/c1-12(17(25)24-20(26)21-10-13-6-3-2-4-7-13)27-18-16-14-8-5-9-15(14)28-19(16)23-11-22-18/h2-4,6-7,11-12H,5,8-10H2,1H3,(H2,21,24,25,26). The summed E-state index contributed by atoms with van der Waals surface area (Å²) < 4.78 is 0. The molecule has 0 fully saturated rings. The molecule has 1 unspecified atom stereocenters. The minimum absolute atomic E-state index is 0.339. The lowest BCUT2D eigenvalue weighted by Crippen LogP contribution is -2.42. The van der Waals surface area contributed by atoms with Crippen LogP contribution < -0.4 is 10.6 Å². The third kappa shape index (κ3) is 4.02. The van der Waals surface area contributed by atoms with Gasteiger partial charge in [0.1, 0.15) is 16.2 Å². The Morgan fingerprint density at radius 1 is 1.21 bits per heavy atom. The average Bonchev–Trinajstić information content (AvgIpc) is 3.28. The van der Waals surface area contributed by atoms with Crippen molar-refractivity contribution >= 4 is 45.3 Å². The molecule has 0 radical (unpaired) electrons. The SMILES string of the molecule is CC(Sc1ncnc2sc3c(c12)CCC3)C(=O)NC(=O)NCc1ccccc1. The maximum Gasteiger partial charge on any atom is 0.321 e. The number of thiophene rings is 1. The number of imide groups is 1. The molecule has 8 heteroatoms. The number of aromatic nitrogens is 2. The van der Waals surface area contributed by atoms with Crippen LogP contribution in [0.25, 0.3) is 10.2 Å². The van der Waals surface area contributed by atoms with Gasteiger partial charge in [-0.25, -0.2) is 14.8 Å². The van der Waals surface area contributed by atoms with Crippen LogP contribution in [0.2, 0.25) is 0 Å². The predicted octanol–water partition coefficient (Wildman–Crippen LogP) is 3.69. The summed E-state index contributed by atoms with van der Waals surface area (Å²) in [5, 5.41) is 6.57. The van der Waals surface area contributed by atoms with Crippen molar-refractivity contribution in [2.75, 3.05) is 0 Å². The first kappa shape index (κ1) is 18.9. The van der Waals surface area contributed by atoms with Gasteiger partial charge in [0.2, 0.25) is 5.91 Å². The van der Waals surface area contributed by atoms with Crippen LogP contribution >= 0.6 is 23.1 Å². The molecule has 2 aromatic heterocycles. The highest BCUT2D eigenvalue weighted by Crippen LogP contribution is 2.40. The van der Waals surface area contributed by atoms with Gasteiger partial charge in [0.05, 0.1) is 5.25 Å². The zero-order valence-corrected chi connectivity index (χ0v) is 17.0. The number of carbonyl (C=O) groups excluding carboxylic acids is 2. The van der Waals surface area contributed by atoms with Gasteiger partial charge in [0.15, 0.2) is 0 Å². The number of nitrogens with zero attached hydrogens (tertiary/aromatic N) is 2. The molecule has 28 heavy (non-hydrogen) atoms. The second-order valence-electron chi connectivity index (χ2n) is 6.63. The number of fused-ring (bicyclic) bond motifs is 3. The Kier molecular flexibility index (Phi) is 5.59. The van der Waals surface area contributed by atoms with E-state index >= 15 is 0 Å². The maximum absolute atomic E-state index is 12.4. The molecule has 0 aliphatic heterocycles. The summed E-state index contributed by atoms with van der Waals surface area (Å²) in [6, 6.07) is 9.06. The highest BCUT2D eigenvalue weighted by molar-refractivity contribution is 8.00. The molecule has 1 aliphatic rings. The molecular formula is C20H20N4O2S2. The highest BCUT2D eigenvalue weighted by Gasteiger charge is 2.24. The zero-order valence-electron chi connectivity index (χ0n) is 15.4. The quantitative estimate of drug-likeness (QED) is 0.493. The Morgan fingerprint density at radius 3 is 2.86 bits per heavy atom. The van der Waals surface area contributed by atoms with Crippen molar-refractivity contribution in [1.29, 1.82) is 0 Å². The van der Waals surface area contributed by atoms with Crippen LogP contribution in [0.3, 0.4) is 0 Å². The number of carbonyl (C=O) groups is 2. The largest absolute Gasteiger partial charge is 0.334 e. The minimum atomic E-state index is -0.495. The van der Waals surface area contributed by atoms with Crippen LogP contribution in [-0.2, 0) is 24.2 Å². The number of rotatable bonds is 5. The number of urea groups is 1. The number of hydrogen-bond donors (Lipinski definition) is 2. The van der Waals surface area contributed by atoms with E-state index in [4.69, 9.17) is 0 Å². The van der Waals surface area contributed by atoms with Gasteiger partial charge in [0, 0.05) is 16.8 Å². The van der Waals surface area contributed by atoms with Gasteiger partial charge >= 0.3 is 6.03 Å². The van der Waals surface area contributed by atoms with Crippen LogP contribution in [0.1, 0.15) is 29.3 Å². The van der Waals surface area contributed by atoms with E-state index in [0.717, 1.165) is 40.1 Å². The molecular weight excluding hydrogens is 392 g/mol. The number of aryl methyl sites for hydroxylation is 2. The molecule has 6 nitrogen and oxygen atoms in total. The fourth-order valence-corrected chi connectivity index (χ4v) is 5.49. The smallest absolute Gasteiger partial charge is 0.321 e. The number of nitrogens with one attached hydrogen (secondary N) is 2. The molecule has 1 aliphatic carbocycles. The minimum Gasteiger partial charge on any atom is -0.334 e. The Hall–Kier alpha value is -2.45. The summed E-state index contributed by atoms with van der Waals surface area (Å²) in [5.41, 5.74) is 2.30. The Labute approximate surface area is 171 Å². The lowest BCUT2D eigenvalue weighted by atomic mass is 10.2. The summed E-state index contributed by atoms with van der Waals surface area (Å²) >= 11 is 3.09. The van der Waals surface area contributed by atoms with E-state index in [0.29, 0.717) is 6.54 Å². The topological polar surface area (TPSA) is 84.0 Å². The van der Waals surface area contributed by atoms with Gasteiger partial charge in [-0.05, 0) is 37.3 Å². The van der Waals surface area contributed by atoms with E-state index in [2.05, 4.69) is 20.6 Å². The number of amides is 3. The Morgan fingerprint density at radius 2 is 2.04 bits per heavy atom. The van der Waals surface area contributed by atoms with Crippen molar-refractivity contribution in [3.63, 3.8) is 0 Å². The number of hydrogen-bond acceptors (Lipinski definition) is 6. The van der Waals surface area contributed by atoms with Gasteiger partial charge in [-0.1, -0.05) is 42.1 Å². The molecule has 4 rings (SSSR count). The average molecular weight is 413 g/mol. The van der Waals surface area contributed by atoms with E-state index in [9.17, 15) is 9.59 Å². The summed E-state index contributed by atoms with van der Waals surface area (Å²) in [6.45, 7) is 2.15. The van der Waals surface area contributed by atoms with Gasteiger partial charge in [-0.15, -0.1) is 11.3 Å². The van der Waals surface area contributed by atoms with Crippen LogP contribution in [-0.4, -0.2) is 27.2 Å². The first-order valence-corrected chi connectivity index (χ1v) is 10.9. The molecule has 0 bridgehead atoms. The van der Waals surface area contributed by atoms with Gasteiger partial charge < -0.3 is 5.32 Å². The van der Waals surface area contributed by atoms with Crippen molar-refractivity contribution in [2.45, 2.75) is 43.0 Å². The molecule has 1 aromatic carbocycles. The molecule has 1 atom stereocenters. The van der Waals surface area contributed by atoms with Crippen molar-refractivity contribution in [3.8, 4) is 0 Å². The van der Waals surface area contributed by atoms with Crippen molar-refractivity contribution in [3.05, 3.63) is 52.7 Å². The monoisotopic (exact) mass is 412 g/mol. The van der Waals surface area contributed by atoms with Crippen molar-refractivity contribution in [1.82, 2.24) is 20.6 Å². The van der Waals surface area contributed by atoms with E-state index in [1.165, 1.54) is 22.2 Å². The lowest BCUT2D eigenvalue weighted by molar-refractivity contribution is -0.119. The van der Waals surface area contributed by atoms with E-state index < -0.39 is 11.3 Å². The second kappa shape index (κ2) is 8.28. The van der Waals surface area contributed by atoms with E-state index in [-0.39, 0.29) is 5.91 Å². The van der Waals surface area contributed by atoms with Crippen LogP contribution in [0.15, 0.2) is 41.7 Å². The summed E-state index contributed by atoms with van der Waals surface area (Å²) in [6.07, 6.45) is 4.85. The summed E-state index contributed by atoms with van der Waals surface area (Å²) in [5.74, 6) is -0.339. The number of benzene rings is 1. The molecule has 144 valence electrons. The van der Waals surface area contributed by atoms with Crippen molar-refractivity contribution in [2.24, 2.45) is 0 Å².